The minimum absolute atomic E-state index is 0.191. The van der Waals surface area contributed by atoms with Crippen LogP contribution in [-0.4, -0.2) is 65.7 Å². The number of unbranched alkanes of at least 4 members (excludes halogenated alkanes) is 17. The van der Waals surface area contributed by atoms with Gasteiger partial charge in [-0.05, 0) is 32.1 Å². The normalized spacial score (nSPS) is 14.4. The second kappa shape index (κ2) is 29.4. The molecule has 0 fully saturated rings. The molecule has 0 aliphatic rings. The first-order valence-electron chi connectivity index (χ1n) is 16.6. The highest BCUT2D eigenvalue weighted by molar-refractivity contribution is 7.47. The molecule has 0 aromatic carbocycles. The van der Waals surface area contributed by atoms with Crippen molar-refractivity contribution in [2.24, 2.45) is 0 Å². The first-order valence-corrected chi connectivity index (χ1v) is 18.1. The lowest BCUT2D eigenvalue weighted by atomic mass is 10.1. The third-order valence-electron chi connectivity index (χ3n) is 7.03. The first kappa shape index (κ1) is 41.7. The number of aliphatic hydroxyl groups is 2. The second-order valence-electron chi connectivity index (χ2n) is 11.2. The number of carbonyl (C=O) groups is 2. The maximum absolute atomic E-state index is 12.1. The zero-order chi connectivity index (χ0) is 32.0. The topological polar surface area (TPSA) is 149 Å². The Morgan fingerprint density at radius 1 is 0.651 bits per heavy atom. The van der Waals surface area contributed by atoms with E-state index in [1.54, 1.807) is 0 Å². The van der Waals surface area contributed by atoms with Crippen LogP contribution in [0, 0.1) is 0 Å². The maximum Gasteiger partial charge on any atom is 0.472 e. The van der Waals surface area contributed by atoms with E-state index in [0.717, 1.165) is 26.2 Å². The molecule has 0 saturated carbocycles. The Balaban J connectivity index is 3.68. The van der Waals surface area contributed by atoms with Crippen LogP contribution in [0.1, 0.15) is 142 Å². The van der Waals surface area contributed by atoms with Crippen LogP contribution in [-0.2, 0) is 32.7 Å². The van der Waals surface area contributed by atoms with Gasteiger partial charge in [0.05, 0.1) is 26.4 Å². The molecule has 0 heterocycles. The van der Waals surface area contributed by atoms with Crippen LogP contribution in [0.25, 0.3) is 0 Å². The number of phosphoric acid groups is 1. The third kappa shape index (κ3) is 29.2. The summed E-state index contributed by atoms with van der Waals surface area (Å²) < 4.78 is 31.2. The zero-order valence-corrected chi connectivity index (χ0v) is 27.8. The van der Waals surface area contributed by atoms with E-state index in [4.69, 9.17) is 19.1 Å². The molecule has 0 aromatic rings. The van der Waals surface area contributed by atoms with Crippen molar-refractivity contribution in [1.82, 2.24) is 0 Å². The summed E-state index contributed by atoms with van der Waals surface area (Å²) in [5.74, 6) is -1.20. The van der Waals surface area contributed by atoms with Crippen LogP contribution in [0.5, 0.6) is 0 Å². The SMILES string of the molecule is CCCCCCCCCC/C=C\CCCCCCCCCCCC(=O)OC(CO)COP(=O)(O)OCC(CO)OC(C)=O. The van der Waals surface area contributed by atoms with Crippen molar-refractivity contribution in [3.05, 3.63) is 12.2 Å². The standard InChI is InChI=1S/C32H61O10P/c1-3-4-5-6-7-8-9-10-11-12-13-14-15-16-17-18-19-20-21-22-23-24-32(36)42-31(26-34)28-40-43(37,38)39-27-30(25-33)41-29(2)35/h12-13,30-31,33-34H,3-11,14-28H2,1-2H3,(H,37,38)/b13-12-. The molecule has 254 valence electrons. The number of rotatable bonds is 31. The van der Waals surface area contributed by atoms with Gasteiger partial charge in [0.15, 0.2) is 0 Å². The molecule has 0 aromatic heterocycles. The summed E-state index contributed by atoms with van der Waals surface area (Å²) in [6.07, 6.45) is 26.1. The second-order valence-corrected chi connectivity index (χ2v) is 12.7. The van der Waals surface area contributed by atoms with Crippen molar-refractivity contribution in [3.8, 4) is 0 Å². The van der Waals surface area contributed by atoms with E-state index in [0.29, 0.717) is 6.42 Å². The van der Waals surface area contributed by atoms with Gasteiger partial charge in [-0.15, -0.1) is 0 Å². The molecular weight excluding hydrogens is 575 g/mol. The molecule has 0 aliphatic heterocycles. The van der Waals surface area contributed by atoms with E-state index < -0.39 is 58.4 Å². The summed E-state index contributed by atoms with van der Waals surface area (Å²) in [5, 5.41) is 18.5. The molecule has 0 aliphatic carbocycles. The molecule has 3 N–H and O–H groups in total. The van der Waals surface area contributed by atoms with E-state index in [-0.39, 0.29) is 6.42 Å². The zero-order valence-electron chi connectivity index (χ0n) is 26.9. The van der Waals surface area contributed by atoms with Gasteiger partial charge in [-0.25, -0.2) is 4.57 Å². The molecule has 3 unspecified atom stereocenters. The smallest absolute Gasteiger partial charge is 0.458 e. The number of hydrogen-bond donors (Lipinski definition) is 3. The first-order chi connectivity index (χ1) is 20.7. The number of esters is 2. The lowest BCUT2D eigenvalue weighted by molar-refractivity contribution is -0.153. The van der Waals surface area contributed by atoms with E-state index in [1.807, 2.05) is 0 Å². The Morgan fingerprint density at radius 2 is 1.05 bits per heavy atom. The number of allylic oxidation sites excluding steroid dienone is 2. The van der Waals surface area contributed by atoms with Crippen LogP contribution in [0.15, 0.2) is 12.2 Å². The molecule has 0 rings (SSSR count). The average molecular weight is 637 g/mol. The van der Waals surface area contributed by atoms with Crippen molar-refractivity contribution in [2.45, 2.75) is 154 Å². The third-order valence-corrected chi connectivity index (χ3v) is 7.98. The Labute approximate surface area is 260 Å². The summed E-state index contributed by atoms with van der Waals surface area (Å²) in [5.41, 5.74) is 0. The maximum atomic E-state index is 12.1. The molecule has 10 nitrogen and oxygen atoms in total. The molecule has 0 radical (unpaired) electrons. The number of aliphatic hydroxyl groups excluding tert-OH is 2. The van der Waals surface area contributed by atoms with Gasteiger partial charge in [0, 0.05) is 13.3 Å². The molecule has 3 atom stereocenters. The van der Waals surface area contributed by atoms with E-state index >= 15 is 0 Å². The number of ether oxygens (including phenoxy) is 2. The van der Waals surface area contributed by atoms with Gasteiger partial charge in [-0.3, -0.25) is 18.6 Å². The quantitative estimate of drug-likeness (QED) is 0.0306. The van der Waals surface area contributed by atoms with Gasteiger partial charge in [0.25, 0.3) is 0 Å². The van der Waals surface area contributed by atoms with Gasteiger partial charge in [0.1, 0.15) is 12.2 Å². The monoisotopic (exact) mass is 636 g/mol. The lowest BCUT2D eigenvalue weighted by Gasteiger charge is -2.20. The van der Waals surface area contributed by atoms with Gasteiger partial charge >= 0.3 is 19.8 Å². The van der Waals surface area contributed by atoms with Crippen molar-refractivity contribution in [2.75, 3.05) is 26.4 Å². The molecule has 0 spiro atoms. The number of hydrogen-bond acceptors (Lipinski definition) is 9. The molecule has 0 amide bonds. The number of phosphoric ester groups is 1. The van der Waals surface area contributed by atoms with Crippen LogP contribution in [0.3, 0.4) is 0 Å². The van der Waals surface area contributed by atoms with Crippen LogP contribution in [0.2, 0.25) is 0 Å². The largest absolute Gasteiger partial charge is 0.472 e. The van der Waals surface area contributed by atoms with Gasteiger partial charge in [-0.2, -0.15) is 0 Å². The number of carbonyl (C=O) groups excluding carboxylic acids is 2. The van der Waals surface area contributed by atoms with Crippen LogP contribution >= 0.6 is 7.82 Å². The lowest BCUT2D eigenvalue weighted by Crippen LogP contribution is -2.28. The summed E-state index contributed by atoms with van der Waals surface area (Å²) in [6.45, 7) is 1.08. The van der Waals surface area contributed by atoms with E-state index in [1.165, 1.54) is 96.3 Å². The predicted octanol–water partition coefficient (Wildman–Crippen LogP) is 7.33. The summed E-state index contributed by atoms with van der Waals surface area (Å²) in [7, 11) is -4.58. The minimum Gasteiger partial charge on any atom is -0.458 e. The predicted molar refractivity (Wildman–Crippen MR) is 168 cm³/mol. The average Bonchev–Trinajstić information content (AvgIpc) is 2.98. The van der Waals surface area contributed by atoms with Gasteiger partial charge < -0.3 is 24.6 Å². The van der Waals surface area contributed by atoms with E-state index in [9.17, 15) is 24.2 Å². The molecule has 11 heteroatoms. The summed E-state index contributed by atoms with van der Waals surface area (Å²) >= 11 is 0. The Morgan fingerprint density at radius 3 is 1.47 bits per heavy atom. The fourth-order valence-electron chi connectivity index (χ4n) is 4.52. The fraction of sp³-hybridized carbons (Fsp3) is 0.875. The highest BCUT2D eigenvalue weighted by Gasteiger charge is 2.27. The van der Waals surface area contributed by atoms with E-state index in [2.05, 4.69) is 23.6 Å². The molecule has 43 heavy (non-hydrogen) atoms. The Hall–Kier alpha value is -1.29. The van der Waals surface area contributed by atoms with Gasteiger partial charge in [-0.1, -0.05) is 109 Å². The highest BCUT2D eigenvalue weighted by atomic mass is 31.2. The Kier molecular flexibility index (Phi) is 28.5. The van der Waals surface area contributed by atoms with Crippen molar-refractivity contribution < 1.29 is 47.8 Å². The Bertz CT molecular complexity index is 746. The van der Waals surface area contributed by atoms with Crippen molar-refractivity contribution in [3.63, 3.8) is 0 Å². The van der Waals surface area contributed by atoms with Crippen molar-refractivity contribution >= 4 is 19.8 Å². The van der Waals surface area contributed by atoms with Crippen LogP contribution in [0.4, 0.5) is 0 Å². The molecular formula is C32H61O10P. The van der Waals surface area contributed by atoms with Crippen LogP contribution < -0.4 is 0 Å². The minimum atomic E-state index is -4.58. The fourth-order valence-corrected chi connectivity index (χ4v) is 5.30. The molecule has 0 saturated heterocycles. The van der Waals surface area contributed by atoms with Gasteiger partial charge in [0.2, 0.25) is 0 Å². The highest BCUT2D eigenvalue weighted by Crippen LogP contribution is 2.43. The summed E-state index contributed by atoms with van der Waals surface area (Å²) in [6, 6.07) is 0. The van der Waals surface area contributed by atoms with Crippen molar-refractivity contribution in [1.29, 1.82) is 0 Å². The summed E-state index contributed by atoms with van der Waals surface area (Å²) in [4.78, 5) is 32.7. The molecule has 0 bridgehead atoms.